The first-order valence-electron chi connectivity index (χ1n) is 7.29. The van der Waals surface area contributed by atoms with Crippen molar-refractivity contribution in [1.82, 2.24) is 9.97 Å². The second-order valence-corrected chi connectivity index (χ2v) is 5.35. The van der Waals surface area contributed by atoms with E-state index in [1.807, 2.05) is 6.07 Å². The van der Waals surface area contributed by atoms with E-state index in [1.54, 1.807) is 7.11 Å². The van der Waals surface area contributed by atoms with Gasteiger partial charge in [-0.1, -0.05) is 0 Å². The molecule has 2 fully saturated rings. The first-order valence-corrected chi connectivity index (χ1v) is 7.29. The summed E-state index contributed by atoms with van der Waals surface area (Å²) in [5, 5.41) is 3.26. The van der Waals surface area contributed by atoms with Gasteiger partial charge >= 0.3 is 0 Å². The highest BCUT2D eigenvalue weighted by molar-refractivity contribution is 5.50. The molecule has 20 heavy (non-hydrogen) atoms. The minimum Gasteiger partial charge on any atom is -0.377 e. The molecule has 0 aliphatic carbocycles. The average molecular weight is 278 g/mol. The van der Waals surface area contributed by atoms with E-state index in [9.17, 15) is 0 Å². The zero-order valence-electron chi connectivity index (χ0n) is 12.1. The van der Waals surface area contributed by atoms with E-state index in [4.69, 9.17) is 9.47 Å². The molecule has 0 aromatic carbocycles. The zero-order valence-corrected chi connectivity index (χ0v) is 12.1. The number of aromatic nitrogens is 2. The Bertz CT molecular complexity index is 432. The Morgan fingerprint density at radius 1 is 1.35 bits per heavy atom. The molecule has 0 saturated carbocycles. The second-order valence-electron chi connectivity index (χ2n) is 5.35. The molecular formula is C14H22N4O2. The molecule has 3 rings (SSSR count). The molecule has 0 amide bonds. The summed E-state index contributed by atoms with van der Waals surface area (Å²) in [6.45, 7) is 5.18. The lowest BCUT2D eigenvalue weighted by Crippen LogP contribution is -2.43. The van der Waals surface area contributed by atoms with Crippen LogP contribution in [0, 0.1) is 0 Å². The molecule has 1 aromatic rings. The summed E-state index contributed by atoms with van der Waals surface area (Å²) in [7, 11) is 1.66. The van der Waals surface area contributed by atoms with E-state index in [-0.39, 0.29) is 0 Å². The standard InChI is InChI=1S/C14H22N4O2/c1-3-15-12-6-14(17-13(16-12)9-19-2)18-7-10-4-5-11(8-18)20-10/h6,10-11H,3-5,7-9H2,1-2H3,(H,15,16,17). The van der Waals surface area contributed by atoms with Crippen LogP contribution in [-0.4, -0.2) is 48.9 Å². The number of morpholine rings is 1. The Morgan fingerprint density at radius 3 is 2.75 bits per heavy atom. The molecule has 2 atom stereocenters. The highest BCUT2D eigenvalue weighted by Gasteiger charge is 2.34. The zero-order chi connectivity index (χ0) is 13.9. The van der Waals surface area contributed by atoms with E-state index >= 15 is 0 Å². The molecule has 2 aliphatic heterocycles. The normalized spacial score (nSPS) is 25.0. The molecule has 110 valence electrons. The fourth-order valence-electron chi connectivity index (χ4n) is 2.91. The maximum absolute atomic E-state index is 5.88. The van der Waals surface area contributed by atoms with Crippen LogP contribution in [0.1, 0.15) is 25.6 Å². The van der Waals surface area contributed by atoms with Crippen molar-refractivity contribution in [1.29, 1.82) is 0 Å². The molecule has 1 N–H and O–H groups in total. The number of nitrogens with zero attached hydrogens (tertiary/aromatic N) is 3. The average Bonchev–Trinajstić information content (AvgIpc) is 2.78. The van der Waals surface area contributed by atoms with Gasteiger partial charge < -0.3 is 19.7 Å². The van der Waals surface area contributed by atoms with Gasteiger partial charge in [0, 0.05) is 32.8 Å². The summed E-state index contributed by atoms with van der Waals surface area (Å²) >= 11 is 0. The van der Waals surface area contributed by atoms with E-state index in [1.165, 1.54) is 0 Å². The number of nitrogens with one attached hydrogen (secondary N) is 1. The van der Waals surface area contributed by atoms with Gasteiger partial charge in [0.2, 0.25) is 0 Å². The number of fused-ring (bicyclic) bond motifs is 2. The highest BCUT2D eigenvalue weighted by Crippen LogP contribution is 2.29. The minimum absolute atomic E-state index is 0.358. The van der Waals surface area contributed by atoms with Gasteiger partial charge in [0.1, 0.15) is 18.2 Å². The Hall–Kier alpha value is -1.40. The maximum Gasteiger partial charge on any atom is 0.158 e. The molecular weight excluding hydrogens is 256 g/mol. The molecule has 6 heteroatoms. The third kappa shape index (κ3) is 2.86. The lowest BCUT2D eigenvalue weighted by Gasteiger charge is -2.33. The molecule has 1 aromatic heterocycles. The SMILES string of the molecule is CCNc1cc(N2CC3CCC(C2)O3)nc(COC)n1. The van der Waals surface area contributed by atoms with Crippen LogP contribution in [0.2, 0.25) is 0 Å². The molecule has 3 heterocycles. The van der Waals surface area contributed by atoms with Crippen molar-refractivity contribution in [2.45, 2.75) is 38.6 Å². The summed E-state index contributed by atoms with van der Waals surface area (Å²) in [5.41, 5.74) is 0. The van der Waals surface area contributed by atoms with Crippen LogP contribution in [0.3, 0.4) is 0 Å². The second kappa shape index (κ2) is 5.93. The number of anilines is 2. The van der Waals surface area contributed by atoms with Crippen molar-refractivity contribution in [3.8, 4) is 0 Å². The van der Waals surface area contributed by atoms with Crippen LogP contribution in [0.5, 0.6) is 0 Å². The third-order valence-electron chi connectivity index (χ3n) is 3.76. The predicted octanol–water partition coefficient (Wildman–Crippen LogP) is 1.42. The van der Waals surface area contributed by atoms with Crippen molar-refractivity contribution in [3.63, 3.8) is 0 Å². The van der Waals surface area contributed by atoms with Gasteiger partial charge in [0.25, 0.3) is 0 Å². The number of rotatable bonds is 5. The van der Waals surface area contributed by atoms with Crippen LogP contribution < -0.4 is 10.2 Å². The highest BCUT2D eigenvalue weighted by atomic mass is 16.5. The predicted molar refractivity (Wildman–Crippen MR) is 77.0 cm³/mol. The summed E-state index contributed by atoms with van der Waals surface area (Å²) in [4.78, 5) is 11.4. The Labute approximate surface area is 119 Å². The van der Waals surface area contributed by atoms with E-state index in [2.05, 4.69) is 27.1 Å². The van der Waals surface area contributed by atoms with Gasteiger partial charge in [-0.2, -0.15) is 0 Å². The molecule has 2 aliphatic rings. The van der Waals surface area contributed by atoms with E-state index < -0.39 is 0 Å². The Morgan fingerprint density at radius 2 is 2.10 bits per heavy atom. The van der Waals surface area contributed by atoms with Crippen LogP contribution in [0.15, 0.2) is 6.07 Å². The summed E-state index contributed by atoms with van der Waals surface area (Å²) in [6, 6.07) is 2.02. The van der Waals surface area contributed by atoms with Crippen molar-refractivity contribution in [3.05, 3.63) is 11.9 Å². The topological polar surface area (TPSA) is 59.5 Å². The fraction of sp³-hybridized carbons (Fsp3) is 0.714. The summed E-state index contributed by atoms with van der Waals surface area (Å²) < 4.78 is 11.0. The summed E-state index contributed by atoms with van der Waals surface area (Å²) in [5.74, 6) is 2.56. The fourth-order valence-corrected chi connectivity index (χ4v) is 2.91. The van der Waals surface area contributed by atoms with Crippen molar-refractivity contribution in [2.24, 2.45) is 0 Å². The lowest BCUT2D eigenvalue weighted by atomic mass is 10.2. The molecule has 2 bridgehead atoms. The Kier molecular flexibility index (Phi) is 4.03. The van der Waals surface area contributed by atoms with E-state index in [0.717, 1.165) is 49.9 Å². The van der Waals surface area contributed by atoms with Crippen LogP contribution >= 0.6 is 0 Å². The molecule has 0 spiro atoms. The molecule has 2 saturated heterocycles. The van der Waals surface area contributed by atoms with Gasteiger partial charge in [-0.05, 0) is 19.8 Å². The number of hydrogen-bond acceptors (Lipinski definition) is 6. The summed E-state index contributed by atoms with van der Waals surface area (Å²) in [6.07, 6.45) is 3.04. The van der Waals surface area contributed by atoms with Crippen LogP contribution in [0.25, 0.3) is 0 Å². The number of methoxy groups -OCH3 is 1. The van der Waals surface area contributed by atoms with E-state index in [0.29, 0.717) is 18.8 Å². The Balaban J connectivity index is 1.83. The van der Waals surface area contributed by atoms with Gasteiger partial charge in [-0.25, -0.2) is 9.97 Å². The number of hydrogen-bond donors (Lipinski definition) is 1. The van der Waals surface area contributed by atoms with Crippen molar-refractivity contribution >= 4 is 11.6 Å². The third-order valence-corrected chi connectivity index (χ3v) is 3.76. The first-order chi connectivity index (χ1) is 9.78. The van der Waals surface area contributed by atoms with Crippen LogP contribution in [-0.2, 0) is 16.1 Å². The van der Waals surface area contributed by atoms with Crippen molar-refractivity contribution < 1.29 is 9.47 Å². The molecule has 2 unspecified atom stereocenters. The monoisotopic (exact) mass is 278 g/mol. The minimum atomic E-state index is 0.358. The first kappa shape index (κ1) is 13.6. The van der Waals surface area contributed by atoms with Crippen molar-refractivity contribution in [2.75, 3.05) is 37.0 Å². The van der Waals surface area contributed by atoms with Crippen LogP contribution in [0.4, 0.5) is 11.6 Å². The quantitative estimate of drug-likeness (QED) is 0.879. The van der Waals surface area contributed by atoms with Gasteiger partial charge in [-0.15, -0.1) is 0 Å². The number of ether oxygens (including phenoxy) is 2. The van der Waals surface area contributed by atoms with Gasteiger partial charge in [0.15, 0.2) is 5.82 Å². The smallest absolute Gasteiger partial charge is 0.158 e. The largest absolute Gasteiger partial charge is 0.377 e. The van der Waals surface area contributed by atoms with Gasteiger partial charge in [-0.3, -0.25) is 0 Å². The lowest BCUT2D eigenvalue weighted by molar-refractivity contribution is 0.0302. The van der Waals surface area contributed by atoms with Gasteiger partial charge in [0.05, 0.1) is 12.2 Å². The molecule has 0 radical (unpaired) electrons. The molecule has 6 nitrogen and oxygen atoms in total. The maximum atomic E-state index is 5.88.